The van der Waals surface area contributed by atoms with Gasteiger partial charge in [-0.3, -0.25) is 0 Å². The number of hydrogen-bond acceptors (Lipinski definition) is 0. The van der Waals surface area contributed by atoms with Crippen LogP contribution in [-0.4, -0.2) is 0 Å². The van der Waals surface area contributed by atoms with Crippen LogP contribution >= 0.6 is 8.58 Å². The summed E-state index contributed by atoms with van der Waals surface area (Å²) in [6.07, 6.45) is 9.75. The summed E-state index contributed by atoms with van der Waals surface area (Å²) < 4.78 is 0.832. The molecule has 0 fully saturated rings. The molecule has 0 nitrogen and oxygen atoms in total. The summed E-state index contributed by atoms with van der Waals surface area (Å²) in [5, 5.41) is 1.52. The van der Waals surface area contributed by atoms with Crippen molar-refractivity contribution in [2.24, 2.45) is 0 Å². The van der Waals surface area contributed by atoms with Crippen LogP contribution in [0.3, 0.4) is 0 Å². The van der Waals surface area contributed by atoms with Crippen LogP contribution < -0.4 is 5.30 Å². The zero-order valence-electron chi connectivity index (χ0n) is 27.7. The van der Waals surface area contributed by atoms with Crippen LogP contribution in [0, 0.1) is 6.92 Å². The first-order chi connectivity index (χ1) is 23.6. The Kier molecular flexibility index (Phi) is 10.3. The van der Waals surface area contributed by atoms with Gasteiger partial charge in [-0.05, 0) is 24.0 Å². The zero-order valence-corrected chi connectivity index (χ0v) is 32.3. The minimum absolute atomic E-state index is 0.215. The molecule has 0 spiro atoms. The van der Waals surface area contributed by atoms with Crippen LogP contribution in [-0.2, 0) is 38.7 Å². The van der Waals surface area contributed by atoms with Gasteiger partial charge in [-0.2, -0.15) is 0 Å². The van der Waals surface area contributed by atoms with Crippen LogP contribution in [0.25, 0.3) is 23.3 Å². The molecular formula is C46H41HfP. The fraction of sp³-hybridized carbons (Fsp3) is 0.130. The molecule has 0 aliphatic heterocycles. The smallest absolute Gasteiger partial charge is 0.0238 e. The van der Waals surface area contributed by atoms with E-state index in [4.69, 9.17) is 0 Å². The number of allylic oxidation sites excluding steroid dienone is 2. The second kappa shape index (κ2) is 15.1. The topological polar surface area (TPSA) is 0 Å². The van der Waals surface area contributed by atoms with Gasteiger partial charge in [0.25, 0.3) is 0 Å². The van der Waals surface area contributed by atoms with Crippen LogP contribution in [0.2, 0.25) is 0 Å². The van der Waals surface area contributed by atoms with Crippen molar-refractivity contribution in [3.05, 3.63) is 208 Å². The SMILES string of the molecule is CC1=Cc2c(-c3ccccc3)cccc2[CH]1[Hf][C]1(Pc2ccccc2C)C=Cc2ccccc21.c1ccc(CCc2ccccc2)cc1. The Labute approximate surface area is 299 Å². The third-order valence-corrected chi connectivity index (χ3v) is 20.7. The van der Waals surface area contributed by atoms with Gasteiger partial charge in [0.2, 0.25) is 0 Å². The van der Waals surface area contributed by atoms with Crippen molar-refractivity contribution >= 4 is 26.0 Å². The summed E-state index contributed by atoms with van der Waals surface area (Å²) >= 11 is -1.29. The molecule has 0 radical (unpaired) electrons. The molecule has 234 valence electrons. The average Bonchev–Trinajstić information content (AvgIpc) is 3.66. The van der Waals surface area contributed by atoms with Gasteiger partial charge >= 0.3 is 217 Å². The van der Waals surface area contributed by atoms with Gasteiger partial charge in [-0.25, -0.2) is 0 Å². The molecule has 6 aromatic rings. The van der Waals surface area contributed by atoms with E-state index in [0.717, 1.165) is 21.4 Å². The summed E-state index contributed by atoms with van der Waals surface area (Å²) in [6.45, 7) is 4.65. The van der Waals surface area contributed by atoms with E-state index in [2.05, 4.69) is 190 Å². The third kappa shape index (κ3) is 7.24. The second-order valence-corrected chi connectivity index (χ2v) is 22.1. The maximum Gasteiger partial charge on any atom is -0.0238 e. The van der Waals surface area contributed by atoms with Gasteiger partial charge in [0, 0.05) is 0 Å². The van der Waals surface area contributed by atoms with E-state index < -0.39 is 22.9 Å². The molecular weight excluding hydrogens is 762 g/mol. The molecule has 48 heavy (non-hydrogen) atoms. The Bertz CT molecular complexity index is 2010. The molecule has 0 N–H and O–H groups in total. The van der Waals surface area contributed by atoms with E-state index in [1.165, 1.54) is 44.2 Å². The third-order valence-electron chi connectivity index (χ3n) is 9.50. The molecule has 6 aromatic carbocycles. The Morgan fingerprint density at radius 1 is 0.604 bits per heavy atom. The molecule has 8 rings (SSSR count). The zero-order chi connectivity index (χ0) is 32.8. The second-order valence-electron chi connectivity index (χ2n) is 12.8. The number of fused-ring (bicyclic) bond motifs is 2. The molecule has 2 heteroatoms. The Hall–Kier alpha value is -3.90. The molecule has 3 unspecified atom stereocenters. The van der Waals surface area contributed by atoms with Gasteiger partial charge in [0.15, 0.2) is 0 Å². The molecule has 0 saturated carbocycles. The summed E-state index contributed by atoms with van der Waals surface area (Å²) in [6, 6.07) is 57.2. The first-order valence-corrected chi connectivity index (χ1v) is 21.8. The van der Waals surface area contributed by atoms with Crippen molar-refractivity contribution in [2.45, 2.75) is 33.3 Å². The van der Waals surface area contributed by atoms with Crippen LogP contribution in [0.5, 0.6) is 0 Å². The summed E-state index contributed by atoms with van der Waals surface area (Å²) in [4.78, 5) is 0. The molecule has 0 amide bonds. The van der Waals surface area contributed by atoms with E-state index in [9.17, 15) is 0 Å². The van der Waals surface area contributed by atoms with E-state index in [-0.39, 0.29) is 2.91 Å². The van der Waals surface area contributed by atoms with Gasteiger partial charge in [0.1, 0.15) is 0 Å². The standard InChI is InChI=1S/C16H14P.C16H13.C14H14.Hf/c1-12-6-2-5-9-15(12)17-16-11-10-13-7-3-4-8-14(13)16;1-12-10-14-8-5-9-15(16(14)11-12)13-6-3-2-4-7-13;1-3-7-13(8-4-1)11-12-14-9-5-2-6-10-14;/h2-11,17H,1H3;2-11H,1H3;1-10H,11-12H2;. The summed E-state index contributed by atoms with van der Waals surface area (Å²) in [5.41, 5.74) is 14.5. The van der Waals surface area contributed by atoms with Crippen molar-refractivity contribution in [1.82, 2.24) is 0 Å². The summed E-state index contributed by atoms with van der Waals surface area (Å²) in [7, 11) is 0.790. The van der Waals surface area contributed by atoms with Crippen molar-refractivity contribution in [3.63, 3.8) is 0 Å². The fourth-order valence-corrected chi connectivity index (χ4v) is 18.1. The number of rotatable bonds is 8. The van der Waals surface area contributed by atoms with E-state index in [1.807, 2.05) is 0 Å². The van der Waals surface area contributed by atoms with Gasteiger partial charge in [-0.1, -0.05) is 60.7 Å². The first-order valence-electron chi connectivity index (χ1n) is 16.9. The van der Waals surface area contributed by atoms with Crippen LogP contribution in [0.15, 0.2) is 169 Å². The quantitative estimate of drug-likeness (QED) is 0.106. The molecule has 0 saturated heterocycles. The minimum Gasteiger partial charge on any atom is -0.0622 e. The summed E-state index contributed by atoms with van der Waals surface area (Å²) in [5.74, 6) is 0. The molecule has 0 aromatic heterocycles. The normalized spacial score (nSPS) is 17.4. The molecule has 2 aliphatic carbocycles. The van der Waals surface area contributed by atoms with Crippen molar-refractivity contribution in [1.29, 1.82) is 0 Å². The van der Waals surface area contributed by atoms with Crippen LogP contribution in [0.1, 0.15) is 49.5 Å². The average molecular weight is 803 g/mol. The Morgan fingerprint density at radius 2 is 1.21 bits per heavy atom. The van der Waals surface area contributed by atoms with Crippen molar-refractivity contribution in [2.75, 3.05) is 0 Å². The van der Waals surface area contributed by atoms with Gasteiger partial charge in [0.05, 0.1) is 0 Å². The Morgan fingerprint density at radius 3 is 1.90 bits per heavy atom. The number of aryl methyl sites for hydroxylation is 3. The van der Waals surface area contributed by atoms with Gasteiger partial charge < -0.3 is 0 Å². The van der Waals surface area contributed by atoms with E-state index >= 15 is 0 Å². The van der Waals surface area contributed by atoms with E-state index in [1.54, 1.807) is 16.7 Å². The molecule has 0 heterocycles. The fourth-order valence-electron chi connectivity index (χ4n) is 6.92. The predicted octanol–water partition coefficient (Wildman–Crippen LogP) is 11.6. The van der Waals surface area contributed by atoms with Gasteiger partial charge in [-0.15, -0.1) is 0 Å². The molecule has 3 atom stereocenters. The molecule has 0 bridgehead atoms. The minimum atomic E-state index is -1.29. The monoisotopic (exact) mass is 804 g/mol. The predicted molar refractivity (Wildman–Crippen MR) is 205 cm³/mol. The van der Waals surface area contributed by atoms with Crippen LogP contribution in [0.4, 0.5) is 0 Å². The van der Waals surface area contributed by atoms with Crippen molar-refractivity contribution in [3.8, 4) is 11.1 Å². The largest absolute Gasteiger partial charge is 0.0622 e. The number of hydrogen-bond donors (Lipinski definition) is 0. The van der Waals surface area contributed by atoms with Crippen molar-refractivity contribution < 1.29 is 22.9 Å². The maximum atomic E-state index is 2.60. The van der Waals surface area contributed by atoms with E-state index in [0.29, 0.717) is 3.67 Å². The maximum absolute atomic E-state index is 2.60. The molecule has 2 aliphatic rings. The Balaban J connectivity index is 0.000000218. The first kappa shape index (κ1) is 32.6. The number of benzene rings is 6.